The van der Waals surface area contributed by atoms with Crippen molar-refractivity contribution < 1.29 is 4.42 Å². The number of rotatable bonds is 12. The number of hydrogen-bond donors (Lipinski definition) is 2. The Morgan fingerprint density at radius 3 is 2.71 bits per heavy atom. The summed E-state index contributed by atoms with van der Waals surface area (Å²) in [6.45, 7) is 14.0. The topological polar surface area (TPSA) is 52.8 Å². The number of aliphatic imine (C=N–C) groups is 1. The Bertz CT molecular complexity index is 427. The van der Waals surface area contributed by atoms with E-state index in [0.29, 0.717) is 6.04 Å². The van der Waals surface area contributed by atoms with Crippen LogP contribution in [0.4, 0.5) is 0 Å². The molecule has 0 aliphatic heterocycles. The first kappa shape index (κ1) is 20.6. The van der Waals surface area contributed by atoms with Gasteiger partial charge in [0.2, 0.25) is 0 Å². The molecule has 0 amide bonds. The molecule has 24 heavy (non-hydrogen) atoms. The summed E-state index contributed by atoms with van der Waals surface area (Å²) in [5.74, 6) is 1.92. The van der Waals surface area contributed by atoms with Crippen molar-refractivity contribution in [3.63, 3.8) is 0 Å². The molecule has 0 aliphatic carbocycles. The van der Waals surface area contributed by atoms with Crippen molar-refractivity contribution in [3.05, 3.63) is 24.2 Å². The van der Waals surface area contributed by atoms with Gasteiger partial charge >= 0.3 is 0 Å². The van der Waals surface area contributed by atoms with Gasteiger partial charge in [-0.15, -0.1) is 0 Å². The minimum atomic E-state index is 0.423. The van der Waals surface area contributed by atoms with Crippen molar-refractivity contribution in [2.45, 2.75) is 59.4 Å². The predicted molar refractivity (Wildman–Crippen MR) is 103 cm³/mol. The van der Waals surface area contributed by atoms with Gasteiger partial charge in [-0.3, -0.25) is 4.99 Å². The van der Waals surface area contributed by atoms with Gasteiger partial charge in [-0.1, -0.05) is 20.8 Å². The Morgan fingerprint density at radius 1 is 1.29 bits per heavy atom. The van der Waals surface area contributed by atoms with Crippen LogP contribution in [0.25, 0.3) is 0 Å². The second-order valence-electron chi connectivity index (χ2n) is 6.20. The van der Waals surface area contributed by atoms with E-state index in [1.165, 1.54) is 13.0 Å². The first-order valence-electron chi connectivity index (χ1n) is 9.49. The van der Waals surface area contributed by atoms with Crippen LogP contribution in [0.2, 0.25) is 0 Å². The highest BCUT2D eigenvalue weighted by Crippen LogP contribution is 2.01. The van der Waals surface area contributed by atoms with Gasteiger partial charge in [-0.25, -0.2) is 0 Å². The summed E-state index contributed by atoms with van der Waals surface area (Å²) in [5.41, 5.74) is 0. The second-order valence-corrected chi connectivity index (χ2v) is 6.20. The van der Waals surface area contributed by atoms with Crippen molar-refractivity contribution in [1.29, 1.82) is 0 Å². The minimum absolute atomic E-state index is 0.423. The molecule has 1 atom stereocenters. The zero-order valence-electron chi connectivity index (χ0n) is 16.0. The molecule has 1 rings (SSSR count). The van der Waals surface area contributed by atoms with Gasteiger partial charge < -0.3 is 20.0 Å². The molecule has 1 aromatic heterocycles. The van der Waals surface area contributed by atoms with E-state index in [9.17, 15) is 0 Å². The smallest absolute Gasteiger partial charge is 0.191 e. The third kappa shape index (κ3) is 8.96. The van der Waals surface area contributed by atoms with Crippen LogP contribution in [0.15, 0.2) is 27.8 Å². The maximum atomic E-state index is 5.37. The summed E-state index contributed by atoms with van der Waals surface area (Å²) in [7, 11) is 0. The average Bonchev–Trinajstić information content (AvgIpc) is 3.10. The van der Waals surface area contributed by atoms with Gasteiger partial charge in [0.15, 0.2) is 5.96 Å². The van der Waals surface area contributed by atoms with E-state index >= 15 is 0 Å². The van der Waals surface area contributed by atoms with E-state index in [1.54, 1.807) is 6.26 Å². The lowest BCUT2D eigenvalue weighted by molar-refractivity contribution is 0.292. The van der Waals surface area contributed by atoms with Gasteiger partial charge in [-0.05, 0) is 58.0 Å². The zero-order chi connectivity index (χ0) is 17.6. The van der Waals surface area contributed by atoms with Crippen LogP contribution in [0.3, 0.4) is 0 Å². The fourth-order valence-electron chi connectivity index (χ4n) is 2.60. The van der Waals surface area contributed by atoms with Crippen LogP contribution in [0.5, 0.6) is 0 Å². The minimum Gasteiger partial charge on any atom is -0.469 e. The molecule has 2 N–H and O–H groups in total. The highest BCUT2D eigenvalue weighted by atomic mass is 16.3. The van der Waals surface area contributed by atoms with Gasteiger partial charge in [0, 0.05) is 25.6 Å². The highest BCUT2D eigenvalue weighted by molar-refractivity contribution is 5.80. The van der Waals surface area contributed by atoms with E-state index < -0.39 is 0 Å². The SMILES string of the molecule is CCCN=C(NCCc1ccco1)NC(C)CCCN(CC)CC. The summed E-state index contributed by atoms with van der Waals surface area (Å²) in [4.78, 5) is 7.10. The number of nitrogens with zero attached hydrogens (tertiary/aromatic N) is 2. The predicted octanol–water partition coefficient (Wildman–Crippen LogP) is 3.28. The fraction of sp³-hybridized carbons (Fsp3) is 0.737. The van der Waals surface area contributed by atoms with Gasteiger partial charge in [0.1, 0.15) is 5.76 Å². The first-order valence-corrected chi connectivity index (χ1v) is 9.49. The quantitative estimate of drug-likeness (QED) is 0.454. The normalized spacial score (nSPS) is 13.3. The summed E-state index contributed by atoms with van der Waals surface area (Å²) in [6, 6.07) is 4.36. The zero-order valence-corrected chi connectivity index (χ0v) is 16.0. The monoisotopic (exact) mass is 336 g/mol. The molecule has 1 aromatic rings. The van der Waals surface area contributed by atoms with E-state index in [1.807, 2.05) is 12.1 Å². The van der Waals surface area contributed by atoms with Crippen molar-refractivity contribution in [2.75, 3.05) is 32.7 Å². The molecular weight excluding hydrogens is 300 g/mol. The van der Waals surface area contributed by atoms with Crippen molar-refractivity contribution in [3.8, 4) is 0 Å². The van der Waals surface area contributed by atoms with Crippen LogP contribution >= 0.6 is 0 Å². The van der Waals surface area contributed by atoms with E-state index in [-0.39, 0.29) is 0 Å². The summed E-state index contributed by atoms with van der Waals surface area (Å²) in [6.07, 6.45) is 6.01. The number of hydrogen-bond acceptors (Lipinski definition) is 3. The second kappa shape index (κ2) is 12.9. The van der Waals surface area contributed by atoms with Crippen molar-refractivity contribution in [1.82, 2.24) is 15.5 Å². The molecule has 1 heterocycles. The van der Waals surface area contributed by atoms with Crippen LogP contribution in [-0.4, -0.2) is 49.6 Å². The van der Waals surface area contributed by atoms with E-state index in [2.05, 4.69) is 48.2 Å². The largest absolute Gasteiger partial charge is 0.469 e. The summed E-state index contributed by atoms with van der Waals surface area (Å²) < 4.78 is 5.37. The molecule has 5 heteroatoms. The molecule has 138 valence electrons. The molecule has 0 saturated heterocycles. The molecule has 0 aliphatic rings. The molecule has 0 fully saturated rings. The van der Waals surface area contributed by atoms with Crippen LogP contribution in [-0.2, 0) is 6.42 Å². The highest BCUT2D eigenvalue weighted by Gasteiger charge is 2.07. The number of nitrogens with one attached hydrogen (secondary N) is 2. The summed E-state index contributed by atoms with van der Waals surface area (Å²) >= 11 is 0. The van der Waals surface area contributed by atoms with Gasteiger partial charge in [-0.2, -0.15) is 0 Å². The standard InChI is InChI=1S/C19H36N4O/c1-5-13-20-19(21-14-12-18-11-9-16-24-18)22-17(4)10-8-15-23(6-2)7-3/h9,11,16-17H,5-8,10,12-15H2,1-4H3,(H2,20,21,22). The van der Waals surface area contributed by atoms with Crippen molar-refractivity contribution >= 4 is 5.96 Å². The summed E-state index contributed by atoms with van der Waals surface area (Å²) in [5, 5.41) is 6.95. The third-order valence-electron chi connectivity index (χ3n) is 4.13. The maximum absolute atomic E-state index is 5.37. The Kier molecular flexibility index (Phi) is 11.0. The molecule has 0 spiro atoms. The number of furan rings is 1. The molecule has 5 nitrogen and oxygen atoms in total. The average molecular weight is 337 g/mol. The molecule has 0 radical (unpaired) electrons. The molecule has 0 bridgehead atoms. The lowest BCUT2D eigenvalue weighted by atomic mass is 10.2. The Balaban J connectivity index is 2.32. The van der Waals surface area contributed by atoms with Crippen LogP contribution < -0.4 is 10.6 Å². The van der Waals surface area contributed by atoms with E-state index in [0.717, 1.165) is 57.2 Å². The third-order valence-corrected chi connectivity index (χ3v) is 4.13. The molecule has 1 unspecified atom stereocenters. The lowest BCUT2D eigenvalue weighted by Crippen LogP contribution is -2.43. The fourth-order valence-corrected chi connectivity index (χ4v) is 2.60. The Labute approximate surface area is 147 Å². The van der Waals surface area contributed by atoms with Gasteiger partial charge in [0.25, 0.3) is 0 Å². The number of guanidine groups is 1. The molecular formula is C19H36N4O. The van der Waals surface area contributed by atoms with Gasteiger partial charge in [0.05, 0.1) is 6.26 Å². The Hall–Kier alpha value is -1.49. The van der Waals surface area contributed by atoms with E-state index in [4.69, 9.17) is 4.42 Å². The molecule has 0 saturated carbocycles. The van der Waals surface area contributed by atoms with Crippen LogP contribution in [0, 0.1) is 0 Å². The first-order chi connectivity index (χ1) is 11.7. The maximum Gasteiger partial charge on any atom is 0.191 e. The van der Waals surface area contributed by atoms with Crippen LogP contribution in [0.1, 0.15) is 52.7 Å². The lowest BCUT2D eigenvalue weighted by Gasteiger charge is -2.21. The van der Waals surface area contributed by atoms with Crippen molar-refractivity contribution in [2.24, 2.45) is 4.99 Å². The molecule has 0 aromatic carbocycles. The Morgan fingerprint density at radius 2 is 2.08 bits per heavy atom.